The molecule has 1 fully saturated rings. The third-order valence-corrected chi connectivity index (χ3v) is 9.38. The molecular formula is C23H26ClNO3S2. The van der Waals surface area contributed by atoms with Gasteiger partial charge in [-0.2, -0.15) is 0 Å². The van der Waals surface area contributed by atoms with E-state index in [-0.39, 0.29) is 16.5 Å². The van der Waals surface area contributed by atoms with Gasteiger partial charge in [0.1, 0.15) is 0 Å². The highest BCUT2D eigenvalue weighted by Crippen LogP contribution is 2.52. The van der Waals surface area contributed by atoms with Crippen molar-refractivity contribution < 1.29 is 14.3 Å². The molecule has 1 aromatic carbocycles. The van der Waals surface area contributed by atoms with Crippen LogP contribution in [0.15, 0.2) is 40.6 Å². The Balaban J connectivity index is 1.80. The summed E-state index contributed by atoms with van der Waals surface area (Å²) in [6, 6.07) is 5.78. The number of amides is 1. The number of nitrogens with zero attached hydrogens (tertiary/aromatic N) is 1. The molecule has 4 nitrogen and oxygen atoms in total. The highest BCUT2D eigenvalue weighted by molar-refractivity contribution is 8.19. The van der Waals surface area contributed by atoms with Crippen LogP contribution in [0.5, 0.6) is 0 Å². The summed E-state index contributed by atoms with van der Waals surface area (Å²) < 4.78 is 5.52. The summed E-state index contributed by atoms with van der Waals surface area (Å²) in [5, 5.41) is 1.29. The molecule has 2 atom stereocenters. The van der Waals surface area contributed by atoms with E-state index in [1.165, 1.54) is 0 Å². The molecule has 1 aliphatic carbocycles. The van der Waals surface area contributed by atoms with Crippen LogP contribution in [0.2, 0.25) is 5.02 Å². The van der Waals surface area contributed by atoms with Crippen molar-refractivity contribution in [3.8, 4) is 0 Å². The quantitative estimate of drug-likeness (QED) is 0.389. The maximum atomic E-state index is 13.4. The second-order valence-corrected chi connectivity index (χ2v) is 11.2. The Morgan fingerprint density at radius 3 is 2.67 bits per heavy atom. The number of halogens is 1. The average molecular weight is 464 g/mol. The van der Waals surface area contributed by atoms with E-state index in [1.54, 1.807) is 18.7 Å². The highest BCUT2D eigenvalue weighted by atomic mass is 35.5. The maximum absolute atomic E-state index is 13.4. The van der Waals surface area contributed by atoms with E-state index in [0.29, 0.717) is 23.1 Å². The summed E-state index contributed by atoms with van der Waals surface area (Å²) >= 11 is 10.3. The Morgan fingerprint density at radius 2 is 2.00 bits per heavy atom. The molecule has 1 amide bonds. The van der Waals surface area contributed by atoms with E-state index >= 15 is 0 Å². The summed E-state index contributed by atoms with van der Waals surface area (Å²) in [6.45, 7) is 6.09. The second kappa shape index (κ2) is 9.01. The monoisotopic (exact) mass is 463 g/mol. The van der Waals surface area contributed by atoms with Crippen LogP contribution in [-0.4, -0.2) is 29.5 Å². The third kappa shape index (κ3) is 3.94. The molecule has 0 radical (unpaired) electrons. The van der Waals surface area contributed by atoms with E-state index < -0.39 is 0 Å². The number of hydrogen-bond acceptors (Lipinski definition) is 5. The number of benzene rings is 1. The molecule has 30 heavy (non-hydrogen) atoms. The van der Waals surface area contributed by atoms with Crippen LogP contribution >= 0.6 is 35.1 Å². The zero-order valence-electron chi connectivity index (χ0n) is 17.5. The fraction of sp³-hybridized carbons (Fsp3) is 0.478. The van der Waals surface area contributed by atoms with Gasteiger partial charge in [0, 0.05) is 27.3 Å². The van der Waals surface area contributed by atoms with Gasteiger partial charge in [0.2, 0.25) is 0 Å². The van der Waals surface area contributed by atoms with Crippen LogP contribution < -0.4 is 4.90 Å². The molecule has 7 heteroatoms. The van der Waals surface area contributed by atoms with Crippen LogP contribution in [0.3, 0.4) is 0 Å². The highest BCUT2D eigenvalue weighted by Gasteiger charge is 2.39. The number of hydrogen-bond donors (Lipinski definition) is 0. The number of anilines is 1. The molecule has 4 rings (SSSR count). The zero-order chi connectivity index (χ0) is 21.4. The van der Waals surface area contributed by atoms with Gasteiger partial charge in [0.05, 0.1) is 22.5 Å². The Bertz CT molecular complexity index is 956. The molecule has 2 unspecified atom stereocenters. The number of carbonyl (C=O) groups excluding carboxylic acids is 2. The Labute approximate surface area is 191 Å². The van der Waals surface area contributed by atoms with E-state index in [9.17, 15) is 9.59 Å². The van der Waals surface area contributed by atoms with Gasteiger partial charge in [0.25, 0.3) is 5.91 Å². The van der Waals surface area contributed by atoms with Gasteiger partial charge in [-0.1, -0.05) is 18.5 Å². The van der Waals surface area contributed by atoms with Gasteiger partial charge < -0.3 is 4.74 Å². The van der Waals surface area contributed by atoms with Crippen molar-refractivity contribution in [2.45, 2.75) is 56.3 Å². The number of carbonyl (C=O) groups is 2. The van der Waals surface area contributed by atoms with Crippen molar-refractivity contribution >= 4 is 52.7 Å². The minimum Gasteiger partial charge on any atom is -0.463 e. The van der Waals surface area contributed by atoms with Gasteiger partial charge in [-0.05, 0) is 68.9 Å². The zero-order valence-corrected chi connectivity index (χ0v) is 19.9. The summed E-state index contributed by atoms with van der Waals surface area (Å²) in [5.41, 5.74) is 4.86. The largest absolute Gasteiger partial charge is 0.463 e. The molecule has 160 valence electrons. The molecule has 1 aromatic rings. The lowest BCUT2D eigenvalue weighted by Gasteiger charge is -2.24. The van der Waals surface area contributed by atoms with Crippen LogP contribution in [0.1, 0.15) is 56.6 Å². The van der Waals surface area contributed by atoms with Crippen LogP contribution in [0, 0.1) is 0 Å². The second-order valence-electron chi connectivity index (χ2n) is 7.82. The summed E-state index contributed by atoms with van der Waals surface area (Å²) in [4.78, 5) is 27.7. The Kier molecular flexibility index (Phi) is 6.56. The number of thioether (sulfide) groups is 2. The number of ether oxygens (including phenoxy) is 1. The minimum atomic E-state index is -0.366. The minimum absolute atomic E-state index is 0.0169. The molecule has 2 heterocycles. The standard InChI is InChI=1S/C23H26ClNO3S2/c1-4-28-22(27)14(3)20-16-7-5-6-8-17(16)21(26)25(20)15-9-10-19(24)18(11-15)23-29-12-13(2)30-23/h9-11,13,23H,4-8,12H2,1-3H3. The topological polar surface area (TPSA) is 46.6 Å². The van der Waals surface area contributed by atoms with Gasteiger partial charge >= 0.3 is 5.97 Å². The predicted molar refractivity (Wildman–Crippen MR) is 126 cm³/mol. The van der Waals surface area contributed by atoms with Crippen LogP contribution in [0.25, 0.3) is 0 Å². The van der Waals surface area contributed by atoms with Gasteiger partial charge in [-0.15, -0.1) is 23.5 Å². The molecule has 2 aliphatic heterocycles. The SMILES string of the molecule is CCOC(=O)C(C)=C1C2=C(CCCC2)C(=O)N1c1ccc(Cl)c(C2SCC(C)S2)c1. The van der Waals surface area contributed by atoms with E-state index in [4.69, 9.17) is 16.3 Å². The predicted octanol–water partition coefficient (Wildman–Crippen LogP) is 6.26. The molecule has 0 aromatic heterocycles. The van der Waals surface area contributed by atoms with Gasteiger partial charge in [-0.25, -0.2) is 4.79 Å². The van der Waals surface area contributed by atoms with E-state index in [1.807, 2.05) is 41.7 Å². The number of esters is 1. The lowest BCUT2D eigenvalue weighted by Crippen LogP contribution is -2.27. The van der Waals surface area contributed by atoms with Crippen molar-refractivity contribution in [2.24, 2.45) is 0 Å². The van der Waals surface area contributed by atoms with Crippen molar-refractivity contribution in [3.63, 3.8) is 0 Å². The molecular weight excluding hydrogens is 438 g/mol. The van der Waals surface area contributed by atoms with Crippen molar-refractivity contribution in [2.75, 3.05) is 17.3 Å². The summed E-state index contributed by atoms with van der Waals surface area (Å²) in [6.07, 6.45) is 3.61. The molecule has 0 saturated carbocycles. The van der Waals surface area contributed by atoms with Crippen LogP contribution in [-0.2, 0) is 14.3 Å². The lowest BCUT2D eigenvalue weighted by molar-refractivity contribution is -0.138. The summed E-state index contributed by atoms with van der Waals surface area (Å²) in [7, 11) is 0. The first-order chi connectivity index (χ1) is 14.4. The first-order valence-corrected chi connectivity index (χ1v) is 12.8. The molecule has 0 N–H and O–H groups in total. The van der Waals surface area contributed by atoms with Gasteiger partial charge in [0.15, 0.2) is 0 Å². The van der Waals surface area contributed by atoms with Crippen molar-refractivity contribution in [1.29, 1.82) is 0 Å². The fourth-order valence-corrected chi connectivity index (χ4v) is 7.89. The first kappa shape index (κ1) is 21.8. The number of allylic oxidation sites excluding steroid dienone is 1. The van der Waals surface area contributed by atoms with Crippen molar-refractivity contribution in [3.05, 3.63) is 51.2 Å². The van der Waals surface area contributed by atoms with Gasteiger partial charge in [-0.3, -0.25) is 9.69 Å². The maximum Gasteiger partial charge on any atom is 0.335 e. The number of rotatable bonds is 4. The third-order valence-electron chi connectivity index (χ3n) is 5.71. The molecule has 0 spiro atoms. The summed E-state index contributed by atoms with van der Waals surface area (Å²) in [5.74, 6) is 0.702. The smallest absolute Gasteiger partial charge is 0.335 e. The first-order valence-electron chi connectivity index (χ1n) is 10.4. The van der Waals surface area contributed by atoms with E-state index in [2.05, 4.69) is 6.92 Å². The molecule has 3 aliphatic rings. The fourth-order valence-electron chi connectivity index (χ4n) is 4.28. The van der Waals surface area contributed by atoms with Crippen LogP contribution in [0.4, 0.5) is 5.69 Å². The average Bonchev–Trinajstić information content (AvgIpc) is 3.29. The Hall–Kier alpha value is -1.37. The normalized spacial score (nSPS) is 25.6. The van der Waals surface area contributed by atoms with E-state index in [0.717, 1.165) is 58.9 Å². The Morgan fingerprint density at radius 1 is 1.27 bits per heavy atom. The molecule has 1 saturated heterocycles. The van der Waals surface area contributed by atoms with Crippen molar-refractivity contribution in [1.82, 2.24) is 0 Å². The lowest BCUT2D eigenvalue weighted by atomic mass is 9.91. The molecule has 0 bridgehead atoms.